The van der Waals surface area contributed by atoms with Gasteiger partial charge in [0.15, 0.2) is 0 Å². The summed E-state index contributed by atoms with van der Waals surface area (Å²) in [5, 5.41) is 51.9. The Balaban J connectivity index is 0. The van der Waals surface area contributed by atoms with Crippen LogP contribution in [0.25, 0.3) is 0 Å². The number of hydrogen-bond acceptors (Lipinski definition) is 11. The fourth-order valence-corrected chi connectivity index (χ4v) is 2.88. The molecule has 0 atom stereocenters. The molecule has 1 heterocycles. The van der Waals surface area contributed by atoms with Crippen LogP contribution >= 0.6 is 11.3 Å². The molecule has 1 aromatic heterocycles. The first-order valence-electron chi connectivity index (χ1n) is 5.79. The standard InChI is InChI=1S/C12H10N2O8S.2Ca/c13-2-6-5(1-7(15)16)10(12(21)22)23-11(6)14(3-8(17)18)4-9(19)20;;/h1,3-4H2,(H,15,16)(H,17,18)(H,19,20)(H,21,22);;/q;2*+2/p-4. The molecule has 0 aromatic carbocycles. The van der Waals surface area contributed by atoms with Gasteiger partial charge in [-0.15, -0.1) is 11.3 Å². The third-order valence-electron chi connectivity index (χ3n) is 2.53. The Morgan fingerprint density at radius 3 is 1.76 bits per heavy atom. The summed E-state index contributed by atoms with van der Waals surface area (Å²) in [5.74, 6) is -6.87. The molecule has 0 N–H and O–H groups in total. The number of aliphatic carboxylic acids is 3. The molecule has 0 saturated carbocycles. The van der Waals surface area contributed by atoms with E-state index >= 15 is 0 Å². The van der Waals surface area contributed by atoms with Gasteiger partial charge in [0, 0.05) is 12.4 Å². The van der Waals surface area contributed by atoms with E-state index in [1.807, 2.05) is 0 Å². The Labute approximate surface area is 204 Å². The van der Waals surface area contributed by atoms with E-state index in [2.05, 4.69) is 0 Å². The molecule has 0 unspecified atom stereocenters. The number of anilines is 1. The van der Waals surface area contributed by atoms with Crippen molar-refractivity contribution in [2.75, 3.05) is 18.0 Å². The van der Waals surface area contributed by atoms with E-state index in [1.165, 1.54) is 6.07 Å². The number of hydrogen-bond donors (Lipinski definition) is 0. The number of carbonyl (C=O) groups is 4. The number of nitrogens with zero attached hydrogens (tertiary/aromatic N) is 2. The van der Waals surface area contributed by atoms with Crippen molar-refractivity contribution in [3.63, 3.8) is 0 Å². The molecule has 0 amide bonds. The summed E-state index contributed by atoms with van der Waals surface area (Å²) in [6, 6.07) is 1.53. The Morgan fingerprint density at radius 2 is 1.44 bits per heavy atom. The second-order valence-electron chi connectivity index (χ2n) is 4.14. The first kappa shape index (κ1) is 26.6. The van der Waals surface area contributed by atoms with Gasteiger partial charge in [0.1, 0.15) is 11.1 Å². The molecule has 13 heteroatoms. The average molecular weight is 418 g/mol. The molecule has 0 fully saturated rings. The van der Waals surface area contributed by atoms with Gasteiger partial charge < -0.3 is 44.5 Å². The van der Waals surface area contributed by atoms with Crippen LogP contribution in [0.3, 0.4) is 0 Å². The van der Waals surface area contributed by atoms with Crippen LogP contribution in [0.15, 0.2) is 0 Å². The molecule has 25 heavy (non-hydrogen) atoms. The molecule has 0 aliphatic rings. The van der Waals surface area contributed by atoms with Crippen LogP contribution in [0.1, 0.15) is 20.8 Å². The second kappa shape index (κ2) is 11.9. The second-order valence-corrected chi connectivity index (χ2v) is 5.14. The number of rotatable bonds is 8. The number of thiophene rings is 1. The summed E-state index contributed by atoms with van der Waals surface area (Å²) in [7, 11) is 0. The number of aromatic carboxylic acids is 1. The Kier molecular flexibility index (Phi) is 12.7. The fourth-order valence-electron chi connectivity index (χ4n) is 1.78. The molecule has 0 saturated heterocycles. The van der Waals surface area contributed by atoms with E-state index in [0.29, 0.717) is 16.2 Å². The summed E-state index contributed by atoms with van der Waals surface area (Å²) in [6.45, 7) is -1.94. The minimum atomic E-state index is -1.80. The van der Waals surface area contributed by atoms with Crippen LogP contribution in [-0.2, 0) is 20.8 Å². The maximum Gasteiger partial charge on any atom is 2.00 e. The van der Waals surface area contributed by atoms with Crippen molar-refractivity contribution < 1.29 is 39.6 Å². The summed E-state index contributed by atoms with van der Waals surface area (Å²) in [5.41, 5.74) is -0.935. The van der Waals surface area contributed by atoms with Gasteiger partial charge in [-0.1, -0.05) is 0 Å². The monoisotopic (exact) mass is 418 g/mol. The van der Waals surface area contributed by atoms with E-state index in [9.17, 15) is 39.6 Å². The Hall–Kier alpha value is -0.611. The summed E-state index contributed by atoms with van der Waals surface area (Å²) in [6.07, 6.45) is -0.937. The van der Waals surface area contributed by atoms with Crippen LogP contribution in [0, 0.1) is 11.3 Å². The third kappa shape index (κ3) is 7.65. The third-order valence-corrected chi connectivity index (χ3v) is 3.81. The van der Waals surface area contributed by atoms with Gasteiger partial charge >= 0.3 is 75.5 Å². The first-order chi connectivity index (χ1) is 10.7. The number of carboxylic acids is 4. The zero-order chi connectivity index (χ0) is 17.7. The zero-order valence-corrected chi connectivity index (χ0v) is 17.8. The van der Waals surface area contributed by atoms with Crippen molar-refractivity contribution in [3.8, 4) is 6.07 Å². The van der Waals surface area contributed by atoms with Gasteiger partial charge in [0.2, 0.25) is 0 Å². The molecular weight excluding hydrogens is 412 g/mol. The molecule has 0 spiro atoms. The molecule has 122 valence electrons. The maximum absolute atomic E-state index is 11.1. The minimum absolute atomic E-state index is 0. The van der Waals surface area contributed by atoms with Gasteiger partial charge in [0.25, 0.3) is 0 Å². The first-order valence-corrected chi connectivity index (χ1v) is 6.60. The average Bonchev–Trinajstić information content (AvgIpc) is 2.74. The van der Waals surface area contributed by atoms with E-state index in [4.69, 9.17) is 5.26 Å². The fraction of sp³-hybridized carbons (Fsp3) is 0.250. The molecule has 0 bridgehead atoms. The molecule has 1 aromatic rings. The van der Waals surface area contributed by atoms with Gasteiger partial charge in [-0.25, -0.2) is 0 Å². The van der Waals surface area contributed by atoms with E-state index in [0.717, 1.165) is 0 Å². The van der Waals surface area contributed by atoms with Crippen molar-refractivity contribution >= 4 is 116 Å². The van der Waals surface area contributed by atoms with E-state index in [1.54, 1.807) is 0 Å². The Morgan fingerprint density at radius 1 is 0.960 bits per heavy atom. The summed E-state index contributed by atoms with van der Waals surface area (Å²) in [4.78, 5) is 43.1. The predicted molar refractivity (Wildman–Crippen MR) is 75.8 cm³/mol. The minimum Gasteiger partial charge on any atom is -0.550 e. The van der Waals surface area contributed by atoms with Crippen molar-refractivity contribution in [2.24, 2.45) is 0 Å². The van der Waals surface area contributed by atoms with Crippen LogP contribution in [0.4, 0.5) is 5.00 Å². The SMILES string of the molecule is N#Cc1c(N(CC(=O)[O-])CC(=O)[O-])sc(C(=O)[O-])c1CC(=O)[O-].[Ca+2].[Ca+2]. The molecule has 0 aliphatic carbocycles. The van der Waals surface area contributed by atoms with Crippen LogP contribution < -0.4 is 25.3 Å². The van der Waals surface area contributed by atoms with Crippen molar-refractivity contribution in [3.05, 3.63) is 16.0 Å². The van der Waals surface area contributed by atoms with Crippen molar-refractivity contribution in [1.29, 1.82) is 5.26 Å². The van der Waals surface area contributed by atoms with Crippen molar-refractivity contribution in [2.45, 2.75) is 6.42 Å². The van der Waals surface area contributed by atoms with Gasteiger partial charge in [0.05, 0.1) is 41.4 Å². The topological polar surface area (TPSA) is 188 Å². The smallest absolute Gasteiger partial charge is 0.550 e. The van der Waals surface area contributed by atoms with Gasteiger partial charge in [-0.3, -0.25) is 0 Å². The predicted octanol–water partition coefficient (Wildman–Crippen LogP) is -6.18. The largest absolute Gasteiger partial charge is 2.00 e. The molecule has 0 aliphatic heterocycles. The molecule has 10 nitrogen and oxygen atoms in total. The van der Waals surface area contributed by atoms with Crippen molar-refractivity contribution in [1.82, 2.24) is 0 Å². The Bertz CT molecular complexity index is 711. The molecular formula is C12H6Ca2N2O8S. The quantitative estimate of drug-likeness (QED) is 0.367. The van der Waals surface area contributed by atoms with Crippen LogP contribution in [0.2, 0.25) is 0 Å². The normalized spacial score (nSPS) is 9.08. The van der Waals surface area contributed by atoms with Gasteiger partial charge in [-0.2, -0.15) is 5.26 Å². The van der Waals surface area contributed by atoms with E-state index < -0.39 is 59.4 Å². The van der Waals surface area contributed by atoms with E-state index in [-0.39, 0.29) is 80.5 Å². The molecule has 0 radical (unpaired) electrons. The summed E-state index contributed by atoms with van der Waals surface area (Å²) >= 11 is 0.321. The summed E-state index contributed by atoms with van der Waals surface area (Å²) < 4.78 is 0. The number of carbonyl (C=O) groups excluding carboxylic acids is 4. The maximum atomic E-state index is 11.1. The number of carboxylic acid groups (broad SMARTS) is 4. The zero-order valence-electron chi connectivity index (χ0n) is 12.6. The van der Waals surface area contributed by atoms with Crippen LogP contribution in [-0.4, -0.2) is 112 Å². The number of nitriles is 1. The van der Waals surface area contributed by atoms with Crippen LogP contribution in [0.5, 0.6) is 0 Å². The van der Waals surface area contributed by atoms with Gasteiger partial charge in [-0.05, 0) is 5.56 Å². The molecule has 1 rings (SSSR count).